The van der Waals surface area contributed by atoms with E-state index in [4.69, 9.17) is 0 Å². The summed E-state index contributed by atoms with van der Waals surface area (Å²) in [6.07, 6.45) is 0.794. The molecule has 1 aliphatic rings. The van der Waals surface area contributed by atoms with Gasteiger partial charge in [0.25, 0.3) is 11.7 Å². The van der Waals surface area contributed by atoms with Gasteiger partial charge < -0.3 is 9.88 Å². The van der Waals surface area contributed by atoms with Crippen LogP contribution in [0.3, 0.4) is 0 Å². The molecular formula is C20H18N2O2. The fourth-order valence-corrected chi connectivity index (χ4v) is 3.49. The Morgan fingerprint density at radius 1 is 1.00 bits per heavy atom. The lowest BCUT2D eigenvalue weighted by molar-refractivity contribution is -0.127. The van der Waals surface area contributed by atoms with Crippen molar-refractivity contribution >= 4 is 22.6 Å². The number of H-pyrrole nitrogens is 1. The molecule has 1 N–H and O–H groups in total. The first kappa shape index (κ1) is 14.7. The van der Waals surface area contributed by atoms with E-state index >= 15 is 0 Å². The molecule has 1 aromatic heterocycles. The highest BCUT2D eigenvalue weighted by atomic mass is 16.2. The fraction of sp³-hybridized carbons (Fsp3) is 0.200. The molecule has 0 radical (unpaired) electrons. The first-order chi connectivity index (χ1) is 11.6. The molecule has 4 rings (SSSR count). The van der Waals surface area contributed by atoms with Crippen molar-refractivity contribution in [3.8, 4) is 0 Å². The number of fused-ring (bicyclic) bond motifs is 2. The molecule has 0 aliphatic carbocycles. The van der Waals surface area contributed by atoms with E-state index in [0.29, 0.717) is 18.7 Å². The molecule has 0 spiro atoms. The molecule has 1 amide bonds. The van der Waals surface area contributed by atoms with E-state index in [1.807, 2.05) is 49.4 Å². The van der Waals surface area contributed by atoms with Crippen molar-refractivity contribution in [2.24, 2.45) is 0 Å². The van der Waals surface area contributed by atoms with Crippen LogP contribution in [-0.2, 0) is 17.8 Å². The van der Waals surface area contributed by atoms with E-state index < -0.39 is 11.7 Å². The van der Waals surface area contributed by atoms with Crippen LogP contribution in [0.25, 0.3) is 10.9 Å². The van der Waals surface area contributed by atoms with Crippen molar-refractivity contribution in [1.82, 2.24) is 9.88 Å². The Labute approximate surface area is 140 Å². The minimum Gasteiger partial charge on any atom is -0.358 e. The van der Waals surface area contributed by atoms with Crippen LogP contribution in [0.1, 0.15) is 27.2 Å². The molecule has 0 unspecified atom stereocenters. The summed E-state index contributed by atoms with van der Waals surface area (Å²) in [5.41, 5.74) is 4.51. The zero-order chi connectivity index (χ0) is 16.7. The quantitative estimate of drug-likeness (QED) is 0.582. The maximum Gasteiger partial charge on any atom is 0.295 e. The zero-order valence-corrected chi connectivity index (χ0v) is 13.5. The normalized spacial score (nSPS) is 13.8. The molecule has 24 heavy (non-hydrogen) atoms. The number of carbonyl (C=O) groups excluding carboxylic acids is 2. The predicted octanol–water partition coefficient (Wildman–Crippen LogP) is 3.24. The second-order valence-electron chi connectivity index (χ2n) is 6.25. The van der Waals surface area contributed by atoms with Crippen molar-refractivity contribution < 1.29 is 9.59 Å². The van der Waals surface area contributed by atoms with Crippen LogP contribution in [0.5, 0.6) is 0 Å². The molecule has 2 aromatic carbocycles. The number of aryl methyl sites for hydroxylation is 1. The number of amides is 1. The lowest BCUT2D eigenvalue weighted by atomic mass is 9.98. The average molecular weight is 318 g/mol. The molecule has 4 nitrogen and oxygen atoms in total. The van der Waals surface area contributed by atoms with Gasteiger partial charge in [0, 0.05) is 29.7 Å². The molecule has 0 saturated heterocycles. The number of aromatic nitrogens is 1. The SMILES string of the molecule is Cc1[nH]c2ccccc2c1C(=O)C(=O)N1CCc2ccccc2C1. The van der Waals surface area contributed by atoms with Crippen molar-refractivity contribution in [1.29, 1.82) is 0 Å². The van der Waals surface area contributed by atoms with Gasteiger partial charge in [-0.3, -0.25) is 9.59 Å². The predicted molar refractivity (Wildman–Crippen MR) is 92.9 cm³/mol. The van der Waals surface area contributed by atoms with Gasteiger partial charge in [0.1, 0.15) is 0 Å². The minimum absolute atomic E-state index is 0.419. The standard InChI is InChI=1S/C20H18N2O2/c1-13-18(16-8-4-5-9-17(16)21-13)19(23)20(24)22-11-10-14-6-2-3-7-15(14)12-22/h2-9,21H,10-12H2,1H3. The van der Waals surface area contributed by atoms with E-state index in [1.165, 1.54) is 5.56 Å². The van der Waals surface area contributed by atoms with Gasteiger partial charge in [-0.25, -0.2) is 0 Å². The summed E-state index contributed by atoms with van der Waals surface area (Å²) in [6.45, 7) is 2.93. The van der Waals surface area contributed by atoms with Crippen molar-refractivity contribution in [2.75, 3.05) is 6.54 Å². The molecule has 4 heteroatoms. The smallest absolute Gasteiger partial charge is 0.295 e. The molecule has 1 aliphatic heterocycles. The number of para-hydroxylation sites is 1. The van der Waals surface area contributed by atoms with Crippen LogP contribution >= 0.6 is 0 Å². The van der Waals surface area contributed by atoms with Gasteiger partial charge in [-0.2, -0.15) is 0 Å². The number of nitrogens with one attached hydrogen (secondary N) is 1. The third kappa shape index (κ3) is 2.31. The van der Waals surface area contributed by atoms with Gasteiger partial charge >= 0.3 is 0 Å². The Morgan fingerprint density at radius 3 is 2.54 bits per heavy atom. The summed E-state index contributed by atoms with van der Waals surface area (Å²) in [5, 5.41) is 0.811. The van der Waals surface area contributed by atoms with Gasteiger partial charge in [0.05, 0.1) is 5.56 Å². The van der Waals surface area contributed by atoms with E-state index in [1.54, 1.807) is 4.90 Å². The van der Waals surface area contributed by atoms with Crippen LogP contribution < -0.4 is 0 Å². The monoisotopic (exact) mass is 318 g/mol. The van der Waals surface area contributed by atoms with E-state index in [0.717, 1.165) is 28.6 Å². The largest absolute Gasteiger partial charge is 0.358 e. The second kappa shape index (κ2) is 5.64. The Morgan fingerprint density at radius 2 is 1.71 bits per heavy atom. The molecule has 2 heterocycles. The number of hydrogen-bond donors (Lipinski definition) is 1. The van der Waals surface area contributed by atoms with Crippen LogP contribution in [0, 0.1) is 6.92 Å². The molecular weight excluding hydrogens is 300 g/mol. The van der Waals surface area contributed by atoms with Crippen molar-refractivity contribution in [2.45, 2.75) is 19.9 Å². The number of aromatic amines is 1. The van der Waals surface area contributed by atoms with E-state index in [-0.39, 0.29) is 0 Å². The number of carbonyl (C=O) groups is 2. The molecule has 0 fully saturated rings. The Balaban J connectivity index is 1.65. The number of ketones is 1. The molecule has 0 saturated carbocycles. The highest BCUT2D eigenvalue weighted by Crippen LogP contribution is 2.24. The summed E-state index contributed by atoms with van der Waals surface area (Å²) in [7, 11) is 0. The van der Waals surface area contributed by atoms with Gasteiger partial charge in [-0.15, -0.1) is 0 Å². The highest BCUT2D eigenvalue weighted by molar-refractivity contribution is 6.45. The average Bonchev–Trinajstić information content (AvgIpc) is 2.95. The van der Waals surface area contributed by atoms with E-state index in [9.17, 15) is 9.59 Å². The van der Waals surface area contributed by atoms with Crippen LogP contribution in [-0.4, -0.2) is 28.1 Å². The van der Waals surface area contributed by atoms with Gasteiger partial charge in [-0.05, 0) is 30.5 Å². The Bertz CT molecular complexity index is 955. The Kier molecular flexibility index (Phi) is 3.45. The van der Waals surface area contributed by atoms with E-state index in [2.05, 4.69) is 11.1 Å². The lowest BCUT2D eigenvalue weighted by Crippen LogP contribution is -2.40. The summed E-state index contributed by atoms with van der Waals surface area (Å²) < 4.78 is 0. The molecule has 120 valence electrons. The number of benzene rings is 2. The Hall–Kier alpha value is -2.88. The fourth-order valence-electron chi connectivity index (χ4n) is 3.49. The van der Waals surface area contributed by atoms with Crippen LogP contribution in [0.15, 0.2) is 48.5 Å². The first-order valence-electron chi connectivity index (χ1n) is 8.13. The highest BCUT2D eigenvalue weighted by Gasteiger charge is 2.29. The molecule has 3 aromatic rings. The van der Waals surface area contributed by atoms with Crippen molar-refractivity contribution in [3.63, 3.8) is 0 Å². The summed E-state index contributed by atoms with van der Waals surface area (Å²) in [4.78, 5) is 30.5. The van der Waals surface area contributed by atoms with Crippen molar-refractivity contribution in [3.05, 3.63) is 70.9 Å². The maximum absolute atomic E-state index is 12.8. The maximum atomic E-state index is 12.8. The third-order valence-corrected chi connectivity index (χ3v) is 4.73. The summed E-state index contributed by atoms with van der Waals surface area (Å²) in [6, 6.07) is 15.7. The number of Topliss-reactive ketones (excluding diaryl/α,β-unsaturated/α-hetero) is 1. The zero-order valence-electron chi connectivity index (χ0n) is 13.5. The molecule has 0 bridgehead atoms. The van der Waals surface area contributed by atoms with Crippen LogP contribution in [0.4, 0.5) is 0 Å². The summed E-state index contributed by atoms with van der Waals surface area (Å²) >= 11 is 0. The van der Waals surface area contributed by atoms with Crippen LogP contribution in [0.2, 0.25) is 0 Å². The minimum atomic E-state index is -0.427. The molecule has 0 atom stereocenters. The number of rotatable bonds is 2. The number of nitrogens with zero attached hydrogens (tertiary/aromatic N) is 1. The number of hydrogen-bond acceptors (Lipinski definition) is 2. The second-order valence-corrected chi connectivity index (χ2v) is 6.25. The topological polar surface area (TPSA) is 53.2 Å². The third-order valence-electron chi connectivity index (χ3n) is 4.73. The summed E-state index contributed by atoms with van der Waals surface area (Å²) in [5.74, 6) is -0.846. The van der Waals surface area contributed by atoms with Gasteiger partial charge in [-0.1, -0.05) is 42.5 Å². The van der Waals surface area contributed by atoms with Gasteiger partial charge in [0.2, 0.25) is 0 Å². The van der Waals surface area contributed by atoms with Gasteiger partial charge in [0.15, 0.2) is 0 Å². The first-order valence-corrected chi connectivity index (χ1v) is 8.13. The lowest BCUT2D eigenvalue weighted by Gasteiger charge is -2.28.